The molecule has 14 heavy (non-hydrogen) atoms. The molecule has 1 saturated heterocycles. The molecule has 1 aliphatic rings. The summed E-state index contributed by atoms with van der Waals surface area (Å²) in [5, 5.41) is 38.9. The lowest BCUT2D eigenvalue weighted by atomic mass is 9.97. The van der Waals surface area contributed by atoms with Gasteiger partial charge in [-0.3, -0.25) is 4.79 Å². The van der Waals surface area contributed by atoms with Gasteiger partial charge in [0, 0.05) is 0 Å². The molecule has 1 aliphatic heterocycles. The molecule has 5 N–H and O–H groups in total. The van der Waals surface area contributed by atoms with Crippen LogP contribution in [-0.2, 0) is 9.53 Å². The van der Waals surface area contributed by atoms with E-state index in [0.717, 1.165) is 0 Å². The lowest BCUT2D eigenvalue weighted by Gasteiger charge is -2.39. The van der Waals surface area contributed by atoms with E-state index in [2.05, 4.69) is 5.32 Å². The lowest BCUT2D eigenvalue weighted by Crippen LogP contribution is -2.63. The number of hydrogen-bond acceptors (Lipinski definition) is 6. The minimum absolute atomic E-state index is 0.284. The highest BCUT2D eigenvalue weighted by Gasteiger charge is 2.43. The van der Waals surface area contributed by atoms with Crippen molar-refractivity contribution >= 4 is 6.41 Å². The molecule has 1 heterocycles. The first-order chi connectivity index (χ1) is 6.61. The van der Waals surface area contributed by atoms with Crippen LogP contribution in [0, 0.1) is 0 Å². The Hall–Kier alpha value is -0.730. The van der Waals surface area contributed by atoms with Crippen LogP contribution in [0.2, 0.25) is 0 Å². The van der Waals surface area contributed by atoms with Crippen molar-refractivity contribution in [1.82, 2.24) is 5.32 Å². The molecule has 0 saturated carbocycles. The van der Waals surface area contributed by atoms with Gasteiger partial charge in [-0.05, 0) is 0 Å². The van der Waals surface area contributed by atoms with Crippen LogP contribution in [0.4, 0.5) is 0 Å². The van der Waals surface area contributed by atoms with Crippen molar-refractivity contribution < 1.29 is 30.0 Å². The average Bonchev–Trinajstić information content (AvgIpc) is 2.18. The second kappa shape index (κ2) is 4.67. The Balaban J connectivity index is 2.68. The van der Waals surface area contributed by atoms with Crippen molar-refractivity contribution in [3.05, 3.63) is 0 Å². The summed E-state index contributed by atoms with van der Waals surface area (Å²) in [6.45, 7) is -0.525. The van der Waals surface area contributed by atoms with E-state index >= 15 is 0 Å². The van der Waals surface area contributed by atoms with E-state index < -0.39 is 37.3 Å². The maximum atomic E-state index is 10.1. The minimum atomic E-state index is -1.45. The number of nitrogens with one attached hydrogen (secondary N) is 1. The molecular formula is C7H13NO6. The van der Waals surface area contributed by atoms with E-state index in [9.17, 15) is 20.1 Å². The van der Waals surface area contributed by atoms with Crippen LogP contribution in [0.1, 0.15) is 0 Å². The highest BCUT2D eigenvalue weighted by atomic mass is 16.6. The molecule has 0 aliphatic carbocycles. The number of rotatable bonds is 3. The molecular weight excluding hydrogens is 194 g/mol. The summed E-state index contributed by atoms with van der Waals surface area (Å²) in [6, 6.07) is -1.09. The standard InChI is InChI=1S/C7H13NO6/c9-1-3-5(11)6(12)4(8-2-10)7(13)14-3/h2-7,9,11-13H,1H2,(H,8,10)/t3-,4-,5-,6-,7+/m1/s1. The first kappa shape index (κ1) is 11.3. The van der Waals surface area contributed by atoms with E-state index in [1.807, 2.05) is 0 Å². The predicted molar refractivity (Wildman–Crippen MR) is 43.0 cm³/mol. The first-order valence-electron chi connectivity index (χ1n) is 4.12. The highest BCUT2D eigenvalue weighted by Crippen LogP contribution is 2.19. The molecule has 7 nitrogen and oxygen atoms in total. The van der Waals surface area contributed by atoms with Gasteiger partial charge in [0.2, 0.25) is 6.41 Å². The monoisotopic (exact) mass is 207 g/mol. The van der Waals surface area contributed by atoms with Crippen LogP contribution in [0.5, 0.6) is 0 Å². The Morgan fingerprint density at radius 2 is 1.93 bits per heavy atom. The van der Waals surface area contributed by atoms with Crippen LogP contribution < -0.4 is 5.32 Å². The molecule has 0 spiro atoms. The molecule has 0 aromatic heterocycles. The second-order valence-corrected chi connectivity index (χ2v) is 3.04. The number of carbonyl (C=O) groups is 1. The zero-order valence-corrected chi connectivity index (χ0v) is 7.28. The molecule has 0 aromatic carbocycles. The maximum Gasteiger partial charge on any atom is 0.207 e. The molecule has 0 bridgehead atoms. The molecule has 1 amide bonds. The number of amides is 1. The fourth-order valence-corrected chi connectivity index (χ4v) is 1.36. The van der Waals surface area contributed by atoms with Crippen LogP contribution in [-0.4, -0.2) is 64.1 Å². The quantitative estimate of drug-likeness (QED) is 0.307. The van der Waals surface area contributed by atoms with Crippen LogP contribution in [0.25, 0.3) is 0 Å². The molecule has 1 fully saturated rings. The third-order valence-corrected chi connectivity index (χ3v) is 2.16. The van der Waals surface area contributed by atoms with E-state index in [0.29, 0.717) is 0 Å². The maximum absolute atomic E-state index is 10.1. The minimum Gasteiger partial charge on any atom is -0.394 e. The topological polar surface area (TPSA) is 119 Å². The van der Waals surface area contributed by atoms with Crippen molar-refractivity contribution in [2.75, 3.05) is 6.61 Å². The van der Waals surface area contributed by atoms with Crippen LogP contribution in [0.15, 0.2) is 0 Å². The summed E-state index contributed by atoms with van der Waals surface area (Å²) in [5.41, 5.74) is 0. The lowest BCUT2D eigenvalue weighted by molar-refractivity contribution is -0.253. The molecule has 5 atom stereocenters. The van der Waals surface area contributed by atoms with Gasteiger partial charge in [-0.25, -0.2) is 0 Å². The van der Waals surface area contributed by atoms with Crippen molar-refractivity contribution in [3.63, 3.8) is 0 Å². The summed E-state index contributed by atoms with van der Waals surface area (Å²) in [4.78, 5) is 10.1. The van der Waals surface area contributed by atoms with Gasteiger partial charge in [-0.1, -0.05) is 0 Å². The number of hydrogen-bond donors (Lipinski definition) is 5. The molecule has 0 aromatic rings. The van der Waals surface area contributed by atoms with Crippen molar-refractivity contribution in [2.24, 2.45) is 0 Å². The summed E-state index contributed by atoms with van der Waals surface area (Å²) < 4.78 is 4.76. The van der Waals surface area contributed by atoms with Crippen molar-refractivity contribution in [1.29, 1.82) is 0 Å². The third kappa shape index (κ3) is 2.02. The van der Waals surface area contributed by atoms with E-state index in [-0.39, 0.29) is 6.41 Å². The fraction of sp³-hybridized carbons (Fsp3) is 0.857. The van der Waals surface area contributed by atoms with Crippen LogP contribution in [0.3, 0.4) is 0 Å². The fourth-order valence-electron chi connectivity index (χ4n) is 1.36. The number of aliphatic hydroxyl groups is 4. The highest BCUT2D eigenvalue weighted by molar-refractivity contribution is 5.47. The second-order valence-electron chi connectivity index (χ2n) is 3.04. The van der Waals surface area contributed by atoms with Gasteiger partial charge in [0.1, 0.15) is 24.4 Å². The van der Waals surface area contributed by atoms with Crippen molar-refractivity contribution in [3.8, 4) is 0 Å². The summed E-state index contributed by atoms with van der Waals surface area (Å²) in [5.74, 6) is 0. The third-order valence-electron chi connectivity index (χ3n) is 2.16. The summed E-state index contributed by atoms with van der Waals surface area (Å²) in [7, 11) is 0. The molecule has 82 valence electrons. The Morgan fingerprint density at radius 1 is 1.29 bits per heavy atom. The van der Waals surface area contributed by atoms with Crippen LogP contribution >= 0.6 is 0 Å². The Morgan fingerprint density at radius 3 is 2.43 bits per heavy atom. The zero-order valence-electron chi connectivity index (χ0n) is 7.28. The van der Waals surface area contributed by atoms with E-state index in [4.69, 9.17) is 9.84 Å². The normalized spacial score (nSPS) is 43.3. The number of aliphatic hydroxyl groups excluding tert-OH is 4. The SMILES string of the molecule is O=CN[C@@H]1[C@@H](O)[C@H](O)[C@@H](CO)O[C@@H]1O. The molecule has 0 radical (unpaired) electrons. The zero-order chi connectivity index (χ0) is 10.7. The van der Waals surface area contributed by atoms with Gasteiger partial charge in [0.25, 0.3) is 0 Å². The van der Waals surface area contributed by atoms with E-state index in [1.54, 1.807) is 0 Å². The number of ether oxygens (including phenoxy) is 1. The van der Waals surface area contributed by atoms with Gasteiger partial charge < -0.3 is 30.5 Å². The summed E-state index contributed by atoms with van der Waals surface area (Å²) in [6.07, 6.45) is -4.94. The van der Waals surface area contributed by atoms with Gasteiger partial charge in [-0.15, -0.1) is 0 Å². The largest absolute Gasteiger partial charge is 0.394 e. The Labute approximate surface area is 79.9 Å². The average molecular weight is 207 g/mol. The molecule has 1 rings (SSSR count). The van der Waals surface area contributed by atoms with E-state index in [1.165, 1.54) is 0 Å². The predicted octanol–water partition coefficient (Wildman–Crippen LogP) is -3.47. The number of carbonyl (C=O) groups excluding carboxylic acids is 1. The first-order valence-corrected chi connectivity index (χ1v) is 4.12. The van der Waals surface area contributed by atoms with Crippen molar-refractivity contribution in [2.45, 2.75) is 30.6 Å². The van der Waals surface area contributed by atoms with Gasteiger partial charge >= 0.3 is 0 Å². The Kier molecular flexibility index (Phi) is 3.78. The summed E-state index contributed by atoms with van der Waals surface area (Å²) >= 11 is 0. The van der Waals surface area contributed by atoms with Gasteiger partial charge in [0.15, 0.2) is 6.29 Å². The molecule has 0 unspecified atom stereocenters. The smallest absolute Gasteiger partial charge is 0.207 e. The molecule has 7 heteroatoms. The Bertz CT molecular complexity index is 201. The van der Waals surface area contributed by atoms with Gasteiger partial charge in [-0.2, -0.15) is 0 Å². The van der Waals surface area contributed by atoms with Gasteiger partial charge in [0.05, 0.1) is 6.61 Å².